The highest BCUT2D eigenvalue weighted by atomic mass is 32.1. The largest absolute Gasteiger partial charge is 0.462 e. The first kappa shape index (κ1) is 18.0. The number of carbonyl (C=O) groups excluding carboxylic acids is 2. The molecule has 1 N–H and O–H groups in total. The maximum atomic E-state index is 12.4. The Bertz CT molecular complexity index is 579. The van der Waals surface area contributed by atoms with Gasteiger partial charge in [-0.05, 0) is 44.1 Å². The van der Waals surface area contributed by atoms with Crippen LogP contribution in [0.15, 0.2) is 0 Å². The highest BCUT2D eigenvalue weighted by Crippen LogP contribution is 2.40. The van der Waals surface area contributed by atoms with Gasteiger partial charge in [-0.2, -0.15) is 0 Å². The summed E-state index contributed by atoms with van der Waals surface area (Å²) in [5.41, 5.74) is 1.68. The number of carbonyl (C=O) groups is 2. The van der Waals surface area contributed by atoms with E-state index in [9.17, 15) is 9.59 Å². The Kier molecular flexibility index (Phi) is 6.22. The molecule has 128 valence electrons. The van der Waals surface area contributed by atoms with Gasteiger partial charge in [-0.3, -0.25) is 4.79 Å². The van der Waals surface area contributed by atoms with E-state index >= 15 is 0 Å². The van der Waals surface area contributed by atoms with Crippen LogP contribution in [0, 0.1) is 11.8 Å². The second kappa shape index (κ2) is 7.95. The third-order valence-corrected chi connectivity index (χ3v) is 5.57. The Morgan fingerprint density at radius 1 is 1.39 bits per heavy atom. The molecular weight excluding hydrogens is 310 g/mol. The highest BCUT2D eigenvalue weighted by molar-refractivity contribution is 7.17. The van der Waals surface area contributed by atoms with E-state index in [1.165, 1.54) is 4.88 Å². The zero-order valence-electron chi connectivity index (χ0n) is 14.5. The summed E-state index contributed by atoms with van der Waals surface area (Å²) in [6, 6.07) is 0. The number of amides is 1. The minimum absolute atomic E-state index is 0.0101. The number of thiophene rings is 1. The third kappa shape index (κ3) is 4.14. The Morgan fingerprint density at radius 2 is 2.13 bits per heavy atom. The minimum atomic E-state index is -0.307. The summed E-state index contributed by atoms with van der Waals surface area (Å²) in [6.45, 7) is 8.38. The van der Waals surface area contributed by atoms with Crippen molar-refractivity contribution in [1.82, 2.24) is 0 Å². The van der Waals surface area contributed by atoms with Crippen molar-refractivity contribution in [1.29, 1.82) is 0 Å². The highest BCUT2D eigenvalue weighted by Gasteiger charge is 2.29. The maximum Gasteiger partial charge on any atom is 0.341 e. The summed E-state index contributed by atoms with van der Waals surface area (Å²) >= 11 is 1.55. The number of anilines is 1. The molecule has 1 aromatic heterocycles. The van der Waals surface area contributed by atoms with Crippen LogP contribution in [-0.4, -0.2) is 18.5 Å². The molecular formula is C18H27NO3S. The molecule has 5 heteroatoms. The fourth-order valence-electron chi connectivity index (χ4n) is 3.06. The zero-order chi connectivity index (χ0) is 17.0. The summed E-state index contributed by atoms with van der Waals surface area (Å²) < 4.78 is 5.23. The summed E-state index contributed by atoms with van der Waals surface area (Å²) in [4.78, 5) is 26.0. The molecule has 0 saturated heterocycles. The van der Waals surface area contributed by atoms with Gasteiger partial charge in [-0.25, -0.2) is 4.79 Å². The molecule has 1 aliphatic carbocycles. The van der Waals surface area contributed by atoms with Crippen LogP contribution >= 0.6 is 11.3 Å². The first-order chi connectivity index (χ1) is 11.0. The molecule has 2 rings (SSSR count). The molecule has 0 unspecified atom stereocenters. The van der Waals surface area contributed by atoms with Crippen LogP contribution in [0.4, 0.5) is 5.00 Å². The number of nitrogens with one attached hydrogen (secondary N) is 1. The fourth-order valence-corrected chi connectivity index (χ4v) is 4.46. The van der Waals surface area contributed by atoms with E-state index in [1.54, 1.807) is 18.3 Å². The number of esters is 1. The molecule has 0 aliphatic heterocycles. The van der Waals surface area contributed by atoms with Gasteiger partial charge in [-0.15, -0.1) is 11.3 Å². The Labute approximate surface area is 142 Å². The van der Waals surface area contributed by atoms with Crippen molar-refractivity contribution in [3.05, 3.63) is 16.0 Å². The topological polar surface area (TPSA) is 55.4 Å². The van der Waals surface area contributed by atoms with Crippen LogP contribution in [0.2, 0.25) is 0 Å². The zero-order valence-corrected chi connectivity index (χ0v) is 15.3. The molecule has 23 heavy (non-hydrogen) atoms. The van der Waals surface area contributed by atoms with Crippen LogP contribution in [0.3, 0.4) is 0 Å². The molecule has 0 saturated carbocycles. The monoisotopic (exact) mass is 337 g/mol. The molecule has 0 radical (unpaired) electrons. The molecule has 0 aromatic carbocycles. The van der Waals surface area contributed by atoms with Gasteiger partial charge in [0, 0.05) is 10.8 Å². The van der Waals surface area contributed by atoms with Gasteiger partial charge >= 0.3 is 5.97 Å². The number of fused-ring (bicyclic) bond motifs is 1. The van der Waals surface area contributed by atoms with Crippen LogP contribution in [0.25, 0.3) is 0 Å². The first-order valence-electron chi connectivity index (χ1n) is 8.60. The fraction of sp³-hybridized carbons (Fsp3) is 0.667. The second-order valence-electron chi connectivity index (χ2n) is 6.46. The molecule has 1 aliphatic rings. The summed E-state index contributed by atoms with van der Waals surface area (Å²) in [7, 11) is 0. The van der Waals surface area contributed by atoms with Crippen LogP contribution in [0.1, 0.15) is 67.8 Å². The smallest absolute Gasteiger partial charge is 0.341 e. The predicted molar refractivity (Wildman–Crippen MR) is 94.2 cm³/mol. The summed E-state index contributed by atoms with van der Waals surface area (Å²) in [5.74, 6) is 0.258. The van der Waals surface area contributed by atoms with E-state index in [-0.39, 0.29) is 17.8 Å². The molecule has 1 heterocycles. The minimum Gasteiger partial charge on any atom is -0.462 e. The Balaban J connectivity index is 2.30. The Morgan fingerprint density at radius 3 is 2.78 bits per heavy atom. The van der Waals surface area contributed by atoms with Crippen LogP contribution in [0.5, 0.6) is 0 Å². The third-order valence-electron chi connectivity index (χ3n) is 4.40. The quantitative estimate of drug-likeness (QED) is 0.782. The lowest BCUT2D eigenvalue weighted by molar-refractivity contribution is -0.119. The average molecular weight is 337 g/mol. The van der Waals surface area contributed by atoms with Crippen LogP contribution in [-0.2, 0) is 22.4 Å². The van der Waals surface area contributed by atoms with Gasteiger partial charge in [0.05, 0.1) is 12.2 Å². The Hall–Kier alpha value is -1.36. The predicted octanol–water partition coefficient (Wildman–Crippen LogP) is 4.42. The summed E-state index contributed by atoms with van der Waals surface area (Å²) in [5, 5.41) is 3.66. The molecule has 0 fully saturated rings. The molecule has 0 bridgehead atoms. The molecule has 2 atom stereocenters. The van der Waals surface area contributed by atoms with Crippen molar-refractivity contribution in [2.75, 3.05) is 11.9 Å². The van der Waals surface area contributed by atoms with E-state index in [0.29, 0.717) is 23.1 Å². The lowest BCUT2D eigenvalue weighted by Crippen LogP contribution is -2.21. The normalized spacial score (nSPS) is 18.2. The van der Waals surface area contributed by atoms with E-state index in [1.807, 2.05) is 6.92 Å². The van der Waals surface area contributed by atoms with Gasteiger partial charge in [0.1, 0.15) is 5.00 Å². The van der Waals surface area contributed by atoms with Crippen LogP contribution < -0.4 is 5.32 Å². The van der Waals surface area contributed by atoms with Crippen molar-refractivity contribution >= 4 is 28.2 Å². The molecule has 0 spiro atoms. The van der Waals surface area contributed by atoms with Gasteiger partial charge in [-0.1, -0.05) is 27.2 Å². The number of hydrogen-bond donors (Lipinski definition) is 1. The van der Waals surface area contributed by atoms with E-state index in [2.05, 4.69) is 19.2 Å². The van der Waals surface area contributed by atoms with E-state index < -0.39 is 0 Å². The molecule has 1 aromatic rings. The maximum absolute atomic E-state index is 12.4. The SMILES string of the molecule is CCC[C@@H](C)C(=O)Nc1sc2c(c1C(=O)OCC)CC[C@@H](C)C2. The summed E-state index contributed by atoms with van der Waals surface area (Å²) in [6.07, 6.45) is 4.77. The first-order valence-corrected chi connectivity index (χ1v) is 9.42. The van der Waals surface area contributed by atoms with Gasteiger partial charge in [0.15, 0.2) is 0 Å². The molecule has 1 amide bonds. The van der Waals surface area contributed by atoms with Crippen molar-refractivity contribution < 1.29 is 14.3 Å². The lowest BCUT2D eigenvalue weighted by atomic mass is 9.88. The van der Waals surface area contributed by atoms with Gasteiger partial charge in [0.25, 0.3) is 0 Å². The van der Waals surface area contributed by atoms with Crippen molar-refractivity contribution in [2.45, 2.75) is 59.8 Å². The van der Waals surface area contributed by atoms with Crippen molar-refractivity contribution in [3.63, 3.8) is 0 Å². The lowest BCUT2D eigenvalue weighted by Gasteiger charge is -2.18. The average Bonchev–Trinajstić information content (AvgIpc) is 2.84. The van der Waals surface area contributed by atoms with Gasteiger partial charge in [0.2, 0.25) is 5.91 Å². The van der Waals surface area contributed by atoms with E-state index in [4.69, 9.17) is 4.74 Å². The standard InChI is InChI=1S/C18H27NO3S/c1-5-7-12(4)16(20)19-17-15(18(21)22-6-2)13-9-8-11(3)10-14(13)23-17/h11-12H,5-10H2,1-4H3,(H,19,20)/t11-,12-/m1/s1. The molecule has 4 nitrogen and oxygen atoms in total. The van der Waals surface area contributed by atoms with Gasteiger partial charge < -0.3 is 10.1 Å². The van der Waals surface area contributed by atoms with Crippen molar-refractivity contribution in [3.8, 4) is 0 Å². The number of hydrogen-bond acceptors (Lipinski definition) is 4. The van der Waals surface area contributed by atoms with E-state index in [0.717, 1.165) is 37.7 Å². The number of ether oxygens (including phenoxy) is 1. The number of rotatable bonds is 6. The second-order valence-corrected chi connectivity index (χ2v) is 7.56. The van der Waals surface area contributed by atoms with Crippen molar-refractivity contribution in [2.24, 2.45) is 11.8 Å².